The molecule has 1 aliphatic heterocycles. The summed E-state index contributed by atoms with van der Waals surface area (Å²) in [5.41, 5.74) is -0.496. The van der Waals surface area contributed by atoms with Crippen LogP contribution >= 0.6 is 0 Å². The van der Waals surface area contributed by atoms with E-state index in [1.165, 1.54) is 12.1 Å². The maximum absolute atomic E-state index is 12.8. The number of carbonyl (C=O) groups excluding carboxylic acids is 1. The van der Waals surface area contributed by atoms with Crippen LogP contribution in [-0.2, 0) is 11.0 Å². The van der Waals surface area contributed by atoms with Crippen molar-refractivity contribution in [2.75, 3.05) is 13.1 Å². The van der Waals surface area contributed by atoms with Gasteiger partial charge in [-0.2, -0.15) is 18.2 Å². The molecule has 0 N–H and O–H groups in total. The largest absolute Gasteiger partial charge is 0.416 e. The van der Waals surface area contributed by atoms with Gasteiger partial charge in [-0.05, 0) is 25.0 Å². The van der Waals surface area contributed by atoms with E-state index < -0.39 is 11.7 Å². The number of hydrogen-bond donors (Lipinski definition) is 0. The lowest BCUT2D eigenvalue weighted by molar-refractivity contribution is -0.143. The number of aromatic nitrogens is 2. The lowest BCUT2D eigenvalue weighted by Crippen LogP contribution is -2.51. The van der Waals surface area contributed by atoms with Crippen LogP contribution in [0.2, 0.25) is 0 Å². The zero-order valence-corrected chi connectivity index (χ0v) is 13.3. The molecule has 2 aromatic rings. The molecule has 0 radical (unpaired) electrons. The Bertz CT molecular complexity index is 792. The first kappa shape index (κ1) is 16.1. The average molecular weight is 351 g/mol. The molecular weight excluding hydrogens is 335 g/mol. The molecule has 2 heterocycles. The summed E-state index contributed by atoms with van der Waals surface area (Å²) in [5.74, 6) is 0.787. The van der Waals surface area contributed by atoms with E-state index in [0.29, 0.717) is 19.0 Å². The number of hydrogen-bond acceptors (Lipinski definition) is 4. The second kappa shape index (κ2) is 5.86. The quantitative estimate of drug-likeness (QED) is 0.849. The smallest absolute Gasteiger partial charge is 0.341 e. The maximum Gasteiger partial charge on any atom is 0.416 e. The fraction of sp³-hybridized carbons (Fsp3) is 0.471. The van der Waals surface area contributed by atoms with Crippen LogP contribution in [0.15, 0.2) is 28.8 Å². The SMILES string of the molecule is O=C(C1CCC1)N1CC(c2nc(-c3cccc(C(F)(F)F)c3)no2)C1. The molecule has 8 heteroatoms. The van der Waals surface area contributed by atoms with Gasteiger partial charge in [0.25, 0.3) is 0 Å². The molecule has 2 aliphatic rings. The van der Waals surface area contributed by atoms with E-state index in [0.717, 1.165) is 31.4 Å². The summed E-state index contributed by atoms with van der Waals surface area (Å²) >= 11 is 0. The highest BCUT2D eigenvalue weighted by atomic mass is 19.4. The van der Waals surface area contributed by atoms with Gasteiger partial charge in [0.05, 0.1) is 11.5 Å². The third kappa shape index (κ3) is 3.01. The van der Waals surface area contributed by atoms with Gasteiger partial charge < -0.3 is 9.42 Å². The summed E-state index contributed by atoms with van der Waals surface area (Å²) < 4.78 is 43.6. The molecule has 1 aromatic heterocycles. The third-order valence-electron chi connectivity index (χ3n) is 4.89. The average Bonchev–Trinajstić information content (AvgIpc) is 2.92. The first-order valence-corrected chi connectivity index (χ1v) is 8.22. The molecule has 1 saturated heterocycles. The summed E-state index contributed by atoms with van der Waals surface area (Å²) in [6.45, 7) is 1.05. The molecule has 1 aromatic carbocycles. The normalized spacial score (nSPS) is 18.8. The van der Waals surface area contributed by atoms with Crippen molar-refractivity contribution in [2.45, 2.75) is 31.4 Å². The Hall–Kier alpha value is -2.38. The monoisotopic (exact) mass is 351 g/mol. The predicted octanol–water partition coefficient (Wildman–Crippen LogP) is 3.48. The van der Waals surface area contributed by atoms with E-state index in [2.05, 4.69) is 10.1 Å². The maximum atomic E-state index is 12.8. The highest BCUT2D eigenvalue weighted by Crippen LogP contribution is 2.35. The van der Waals surface area contributed by atoms with Gasteiger partial charge in [0.2, 0.25) is 17.6 Å². The number of likely N-dealkylation sites (tertiary alicyclic amines) is 1. The fourth-order valence-electron chi connectivity index (χ4n) is 3.08. The van der Waals surface area contributed by atoms with Crippen molar-refractivity contribution in [3.63, 3.8) is 0 Å². The van der Waals surface area contributed by atoms with Crippen molar-refractivity contribution in [2.24, 2.45) is 5.92 Å². The second-order valence-corrected chi connectivity index (χ2v) is 6.60. The Kier molecular flexibility index (Phi) is 3.77. The van der Waals surface area contributed by atoms with E-state index in [9.17, 15) is 18.0 Å². The molecule has 1 saturated carbocycles. The van der Waals surface area contributed by atoms with Crippen molar-refractivity contribution in [1.82, 2.24) is 15.0 Å². The fourth-order valence-corrected chi connectivity index (χ4v) is 3.08. The second-order valence-electron chi connectivity index (χ2n) is 6.60. The molecule has 0 spiro atoms. The molecule has 1 amide bonds. The van der Waals surface area contributed by atoms with Crippen LogP contribution in [0.3, 0.4) is 0 Å². The zero-order valence-electron chi connectivity index (χ0n) is 13.3. The molecule has 25 heavy (non-hydrogen) atoms. The van der Waals surface area contributed by atoms with Gasteiger partial charge >= 0.3 is 6.18 Å². The minimum atomic E-state index is -4.42. The molecule has 132 valence electrons. The first-order chi connectivity index (χ1) is 11.9. The minimum absolute atomic E-state index is 0.0453. The zero-order chi connectivity index (χ0) is 17.6. The molecular formula is C17H16F3N3O2. The summed E-state index contributed by atoms with van der Waals surface area (Å²) in [6, 6.07) is 4.83. The highest BCUT2D eigenvalue weighted by molar-refractivity contribution is 5.80. The van der Waals surface area contributed by atoms with E-state index in [1.54, 1.807) is 4.90 Å². The van der Waals surface area contributed by atoms with Crippen LogP contribution in [0.5, 0.6) is 0 Å². The molecule has 0 bridgehead atoms. The number of rotatable bonds is 3. The van der Waals surface area contributed by atoms with Gasteiger partial charge in [-0.1, -0.05) is 23.7 Å². The van der Waals surface area contributed by atoms with Crippen molar-refractivity contribution in [3.8, 4) is 11.4 Å². The van der Waals surface area contributed by atoms with Gasteiger partial charge in [-0.25, -0.2) is 0 Å². The summed E-state index contributed by atoms with van der Waals surface area (Å²) in [7, 11) is 0. The summed E-state index contributed by atoms with van der Waals surface area (Å²) in [5, 5.41) is 3.79. The van der Waals surface area contributed by atoms with Crippen molar-refractivity contribution >= 4 is 5.91 Å². The predicted molar refractivity (Wildman–Crippen MR) is 81.4 cm³/mol. The topological polar surface area (TPSA) is 59.2 Å². The van der Waals surface area contributed by atoms with E-state index >= 15 is 0 Å². The standard InChI is InChI=1S/C17H16F3N3O2/c18-17(19,20)13-6-2-5-11(7-13)14-21-15(25-22-14)12-8-23(9-12)16(24)10-3-1-4-10/h2,5-7,10,12H,1,3-4,8-9H2. The highest BCUT2D eigenvalue weighted by Gasteiger charge is 2.39. The third-order valence-corrected chi connectivity index (χ3v) is 4.89. The van der Waals surface area contributed by atoms with Gasteiger partial charge in [0.1, 0.15) is 0 Å². The summed E-state index contributed by atoms with van der Waals surface area (Å²) in [4.78, 5) is 18.1. The lowest BCUT2D eigenvalue weighted by Gasteiger charge is -2.41. The molecule has 1 aliphatic carbocycles. The number of amides is 1. The van der Waals surface area contributed by atoms with E-state index in [1.807, 2.05) is 0 Å². The van der Waals surface area contributed by atoms with Gasteiger partial charge in [0.15, 0.2) is 0 Å². The Morgan fingerprint density at radius 3 is 2.64 bits per heavy atom. The molecule has 0 atom stereocenters. The number of alkyl halides is 3. The number of benzene rings is 1. The van der Waals surface area contributed by atoms with Gasteiger partial charge in [-0.15, -0.1) is 0 Å². The molecule has 0 unspecified atom stereocenters. The van der Waals surface area contributed by atoms with Crippen LogP contribution in [0.1, 0.15) is 36.6 Å². The Morgan fingerprint density at radius 2 is 2.00 bits per heavy atom. The Labute approximate surface area is 141 Å². The lowest BCUT2D eigenvalue weighted by atomic mass is 9.83. The Morgan fingerprint density at radius 1 is 1.24 bits per heavy atom. The van der Waals surface area contributed by atoms with Crippen LogP contribution < -0.4 is 0 Å². The number of nitrogens with zero attached hydrogens (tertiary/aromatic N) is 3. The minimum Gasteiger partial charge on any atom is -0.341 e. The van der Waals surface area contributed by atoms with Crippen LogP contribution in [0.25, 0.3) is 11.4 Å². The molecule has 2 fully saturated rings. The van der Waals surface area contributed by atoms with Crippen molar-refractivity contribution < 1.29 is 22.5 Å². The van der Waals surface area contributed by atoms with Crippen molar-refractivity contribution in [1.29, 1.82) is 0 Å². The molecule has 4 rings (SSSR count). The van der Waals surface area contributed by atoms with Crippen molar-refractivity contribution in [3.05, 3.63) is 35.7 Å². The van der Waals surface area contributed by atoms with Gasteiger partial charge in [0, 0.05) is 24.6 Å². The van der Waals surface area contributed by atoms with Crippen LogP contribution in [0, 0.1) is 5.92 Å². The first-order valence-electron chi connectivity index (χ1n) is 8.22. The van der Waals surface area contributed by atoms with E-state index in [-0.39, 0.29) is 29.1 Å². The number of carbonyl (C=O) groups is 1. The number of halogens is 3. The van der Waals surface area contributed by atoms with E-state index in [4.69, 9.17) is 4.52 Å². The molecule has 5 nitrogen and oxygen atoms in total. The van der Waals surface area contributed by atoms with Gasteiger partial charge in [-0.3, -0.25) is 4.79 Å². The summed E-state index contributed by atoms with van der Waals surface area (Å²) in [6.07, 6.45) is -1.39. The van der Waals surface area contributed by atoms with Crippen LogP contribution in [0.4, 0.5) is 13.2 Å². The van der Waals surface area contributed by atoms with Crippen LogP contribution in [-0.4, -0.2) is 34.0 Å². The Balaban J connectivity index is 1.44.